The summed E-state index contributed by atoms with van der Waals surface area (Å²) in [5.41, 5.74) is 0. The van der Waals surface area contributed by atoms with E-state index in [9.17, 15) is 0 Å². The van der Waals surface area contributed by atoms with Crippen LogP contribution in [0.2, 0.25) is 0 Å². The van der Waals surface area contributed by atoms with E-state index in [-0.39, 0.29) is 0 Å². The SMILES string of the molecule is C[C]([Sb])=[Sb]. The third-order valence-electron chi connectivity index (χ3n) is 0. The summed E-state index contributed by atoms with van der Waals surface area (Å²) < 4.78 is 1.52. The average molecular weight is 271 g/mol. The number of hydrogen-bond acceptors (Lipinski definition) is 0. The summed E-state index contributed by atoms with van der Waals surface area (Å²) in [6, 6.07) is 0. The molecule has 0 aromatic heterocycles. The van der Waals surface area contributed by atoms with Gasteiger partial charge in [0.1, 0.15) is 0 Å². The Morgan fingerprint density at radius 1 is 1.75 bits per heavy atom. The van der Waals surface area contributed by atoms with Crippen molar-refractivity contribution < 1.29 is 0 Å². The molecule has 0 rings (SSSR count). The third kappa shape index (κ3) is 9.71. The van der Waals surface area contributed by atoms with Crippen molar-refractivity contribution >= 4 is 47.0 Å². The summed E-state index contributed by atoms with van der Waals surface area (Å²) in [7, 11) is 0. The van der Waals surface area contributed by atoms with Crippen molar-refractivity contribution in [3.05, 3.63) is 0 Å². The van der Waals surface area contributed by atoms with Gasteiger partial charge < -0.3 is 0 Å². The zero-order valence-corrected chi connectivity index (χ0v) is 7.50. The molecule has 0 aromatic rings. The van der Waals surface area contributed by atoms with Crippen LogP contribution in [0.4, 0.5) is 0 Å². The van der Waals surface area contributed by atoms with Crippen molar-refractivity contribution in [2.24, 2.45) is 0 Å². The molecule has 0 heterocycles. The van der Waals surface area contributed by atoms with Crippen LogP contribution < -0.4 is 0 Å². The van der Waals surface area contributed by atoms with Crippen LogP contribution in [0.3, 0.4) is 0 Å². The molecule has 2 heteroatoms. The number of hydrogen-bond donors (Lipinski definition) is 0. The topological polar surface area (TPSA) is 0 Å². The minimum absolute atomic E-state index is 1.52. The van der Waals surface area contributed by atoms with Gasteiger partial charge in [0.2, 0.25) is 0 Å². The zero-order chi connectivity index (χ0) is 3.58. The second kappa shape index (κ2) is 2.73. The van der Waals surface area contributed by atoms with Gasteiger partial charge in [-0.1, -0.05) is 0 Å². The van der Waals surface area contributed by atoms with Gasteiger partial charge in [-0.2, -0.15) is 0 Å². The zero-order valence-electron chi connectivity index (χ0n) is 2.39. The fourth-order valence-corrected chi connectivity index (χ4v) is 0. The summed E-state index contributed by atoms with van der Waals surface area (Å²) in [4.78, 5) is 0. The first-order valence-electron chi connectivity index (χ1n) is 0.947. The molecule has 0 aliphatic rings. The fourth-order valence-electron chi connectivity index (χ4n) is 0. The Labute approximate surface area is 53.4 Å². The Morgan fingerprint density at radius 2 is 1.75 bits per heavy atom. The van der Waals surface area contributed by atoms with Gasteiger partial charge in [0.25, 0.3) is 0 Å². The van der Waals surface area contributed by atoms with Gasteiger partial charge >= 0.3 is 53.9 Å². The first kappa shape index (κ1) is 5.51. The normalized spacial score (nSPS) is 6.50. The van der Waals surface area contributed by atoms with Crippen LogP contribution >= 0.6 is 0 Å². The molecule has 0 aliphatic carbocycles. The van der Waals surface area contributed by atoms with E-state index in [4.69, 9.17) is 0 Å². The molecule has 0 nitrogen and oxygen atoms in total. The molecule has 0 aliphatic heterocycles. The summed E-state index contributed by atoms with van der Waals surface area (Å²) in [5, 5.41) is 0. The summed E-state index contributed by atoms with van der Waals surface area (Å²) in [6.45, 7) is 2.13. The van der Waals surface area contributed by atoms with E-state index >= 15 is 0 Å². The maximum absolute atomic E-state index is 2.13. The Hall–Kier alpha value is 1.51. The minimum atomic E-state index is 1.52. The van der Waals surface area contributed by atoms with Gasteiger partial charge in [0.05, 0.1) is 0 Å². The molecule has 0 saturated heterocycles. The van der Waals surface area contributed by atoms with Crippen molar-refractivity contribution in [1.29, 1.82) is 0 Å². The van der Waals surface area contributed by atoms with E-state index in [0.29, 0.717) is 0 Å². The maximum atomic E-state index is 2.13. The molecular formula is C2H3Sb2. The first-order valence-corrected chi connectivity index (χ1v) is 3.50. The second-order valence-electron chi connectivity index (χ2n) is 0.547. The molecule has 0 spiro atoms. The third-order valence-corrected chi connectivity index (χ3v) is 0. The summed E-state index contributed by atoms with van der Waals surface area (Å²) in [5.74, 6) is 0. The van der Waals surface area contributed by atoms with Gasteiger partial charge in [-0.3, -0.25) is 0 Å². The summed E-state index contributed by atoms with van der Waals surface area (Å²) >= 11 is 3.62. The van der Waals surface area contributed by atoms with E-state index < -0.39 is 0 Å². The van der Waals surface area contributed by atoms with Crippen LogP contribution in [0.1, 0.15) is 6.92 Å². The van der Waals surface area contributed by atoms with Gasteiger partial charge in [-0.25, -0.2) is 0 Å². The molecule has 0 fully saturated rings. The van der Waals surface area contributed by atoms with Crippen molar-refractivity contribution in [1.82, 2.24) is 0 Å². The van der Waals surface area contributed by atoms with Crippen LogP contribution in [0.5, 0.6) is 0 Å². The van der Waals surface area contributed by atoms with Crippen LogP contribution in [-0.2, 0) is 0 Å². The molecule has 0 atom stereocenters. The molecule has 4 heavy (non-hydrogen) atoms. The summed E-state index contributed by atoms with van der Waals surface area (Å²) in [6.07, 6.45) is 0. The van der Waals surface area contributed by atoms with Crippen LogP contribution in [-0.4, -0.2) is 47.0 Å². The molecule has 0 bridgehead atoms. The van der Waals surface area contributed by atoms with Crippen LogP contribution in [0.15, 0.2) is 0 Å². The van der Waals surface area contributed by atoms with Crippen LogP contribution in [0.25, 0.3) is 0 Å². The number of rotatable bonds is 0. The van der Waals surface area contributed by atoms with Gasteiger partial charge in [0.15, 0.2) is 0 Å². The molecule has 21 valence electrons. The molecule has 3 radical (unpaired) electrons. The monoisotopic (exact) mass is 269 g/mol. The van der Waals surface area contributed by atoms with Crippen molar-refractivity contribution in [2.45, 2.75) is 6.92 Å². The second-order valence-corrected chi connectivity index (χ2v) is 7.50. The van der Waals surface area contributed by atoms with E-state index in [1.165, 1.54) is 1.39 Å². The predicted octanol–water partition coefficient (Wildman–Crippen LogP) is -0.527. The Kier molecular flexibility index (Phi) is 3.76. The average Bonchev–Trinajstić information content (AvgIpc) is 0.811. The van der Waals surface area contributed by atoms with Crippen molar-refractivity contribution in [3.8, 4) is 0 Å². The predicted molar refractivity (Wildman–Crippen MR) is 22.2 cm³/mol. The van der Waals surface area contributed by atoms with Gasteiger partial charge in [-0.05, 0) is 0 Å². The van der Waals surface area contributed by atoms with Crippen molar-refractivity contribution in [3.63, 3.8) is 0 Å². The molecular weight excluding hydrogens is 268 g/mol. The van der Waals surface area contributed by atoms with Gasteiger partial charge in [-0.15, -0.1) is 0 Å². The quantitative estimate of drug-likeness (QED) is 0.520. The Balaban J connectivity index is 2.80. The molecule has 0 amide bonds. The van der Waals surface area contributed by atoms with E-state index in [0.717, 1.165) is 0 Å². The molecule has 0 aromatic carbocycles. The van der Waals surface area contributed by atoms with Crippen LogP contribution in [0, 0.1) is 0 Å². The molecule has 0 saturated carbocycles. The molecule has 0 N–H and O–H groups in total. The van der Waals surface area contributed by atoms with Gasteiger partial charge in [0, 0.05) is 0 Å². The van der Waals surface area contributed by atoms with E-state index in [1.807, 2.05) is 45.6 Å². The first-order chi connectivity index (χ1) is 1.73. The van der Waals surface area contributed by atoms with Crippen molar-refractivity contribution in [2.75, 3.05) is 0 Å². The van der Waals surface area contributed by atoms with E-state index in [1.54, 1.807) is 0 Å². The fraction of sp³-hybridized carbons (Fsp3) is 0.500. The Morgan fingerprint density at radius 3 is 1.75 bits per heavy atom. The van der Waals surface area contributed by atoms with E-state index in [2.05, 4.69) is 6.92 Å². The standard InChI is InChI=1S/C2H3.2Sb/c1-2;;/h1H3;;. The Bertz CT molecular complexity index is 27.0. The molecule has 0 unspecified atom stereocenters.